The summed E-state index contributed by atoms with van der Waals surface area (Å²) in [5.41, 5.74) is 0. The van der Waals surface area contributed by atoms with Gasteiger partial charge in [0, 0.05) is 12.2 Å². The molecule has 1 aromatic rings. The van der Waals surface area contributed by atoms with Crippen molar-refractivity contribution in [1.82, 2.24) is 9.97 Å². The summed E-state index contributed by atoms with van der Waals surface area (Å²) in [7, 11) is 0. The Labute approximate surface area is 99.0 Å². The summed E-state index contributed by atoms with van der Waals surface area (Å²) in [6.07, 6.45) is 7.17. The van der Waals surface area contributed by atoms with Crippen molar-refractivity contribution >= 4 is 29.3 Å². The van der Waals surface area contributed by atoms with E-state index in [1.807, 2.05) is 12.3 Å². The molecule has 0 radical (unpaired) electrons. The van der Waals surface area contributed by atoms with Gasteiger partial charge in [-0.2, -0.15) is 0 Å². The number of hydrogen-bond donors (Lipinski definition) is 1. The molecule has 1 aromatic heterocycles. The van der Waals surface area contributed by atoms with Crippen molar-refractivity contribution in [3.63, 3.8) is 0 Å². The molecule has 15 heavy (non-hydrogen) atoms. The van der Waals surface area contributed by atoms with Crippen LogP contribution in [0.2, 0.25) is 0 Å². The molecule has 1 saturated carbocycles. The molecule has 1 aliphatic carbocycles. The highest BCUT2D eigenvalue weighted by Gasteiger charge is 2.25. The summed E-state index contributed by atoms with van der Waals surface area (Å²) in [6.45, 7) is 0. The van der Waals surface area contributed by atoms with Crippen LogP contribution in [-0.2, 0) is 0 Å². The minimum Gasteiger partial charge on any atom is -0.350 e. The zero-order valence-electron chi connectivity index (χ0n) is 8.61. The minimum atomic E-state index is 0.214. The van der Waals surface area contributed by atoms with Gasteiger partial charge in [0.05, 0.1) is 5.38 Å². The fraction of sp³-hybridized carbons (Fsp3) is 0.600. The predicted molar refractivity (Wildman–Crippen MR) is 64.7 cm³/mol. The molecule has 5 heteroatoms. The van der Waals surface area contributed by atoms with Gasteiger partial charge in [0.15, 0.2) is 0 Å². The maximum atomic E-state index is 6.18. The van der Waals surface area contributed by atoms with Crippen molar-refractivity contribution < 1.29 is 0 Å². The van der Waals surface area contributed by atoms with E-state index in [-0.39, 0.29) is 5.38 Å². The summed E-state index contributed by atoms with van der Waals surface area (Å²) in [5, 5.41) is 4.50. The molecule has 3 nitrogen and oxygen atoms in total. The summed E-state index contributed by atoms with van der Waals surface area (Å²) in [6, 6.07) is 2.23. The molecule has 0 spiro atoms. The third-order valence-electron chi connectivity index (χ3n) is 2.59. The SMILES string of the molecule is CSc1ccnc(NC2CCCC2Cl)n1. The van der Waals surface area contributed by atoms with Gasteiger partial charge >= 0.3 is 0 Å². The van der Waals surface area contributed by atoms with Crippen LogP contribution in [0.3, 0.4) is 0 Å². The molecule has 2 atom stereocenters. The molecule has 0 aromatic carbocycles. The quantitative estimate of drug-likeness (QED) is 0.503. The average molecular weight is 244 g/mol. The summed E-state index contributed by atoms with van der Waals surface area (Å²) >= 11 is 7.80. The number of alkyl halides is 1. The van der Waals surface area contributed by atoms with E-state index >= 15 is 0 Å². The van der Waals surface area contributed by atoms with Crippen LogP contribution in [0.25, 0.3) is 0 Å². The van der Waals surface area contributed by atoms with E-state index < -0.39 is 0 Å². The Balaban J connectivity index is 2.03. The molecule has 1 N–H and O–H groups in total. The predicted octanol–water partition coefficient (Wildman–Crippen LogP) is 2.77. The Kier molecular flexibility index (Phi) is 3.70. The van der Waals surface area contributed by atoms with Crippen molar-refractivity contribution in [3.8, 4) is 0 Å². The maximum Gasteiger partial charge on any atom is 0.223 e. The molecule has 0 saturated heterocycles. The van der Waals surface area contributed by atoms with Crippen molar-refractivity contribution in [2.45, 2.75) is 35.7 Å². The second-order valence-corrected chi connectivity index (χ2v) is 5.01. The lowest BCUT2D eigenvalue weighted by atomic mass is 10.2. The van der Waals surface area contributed by atoms with Gasteiger partial charge in [-0.1, -0.05) is 0 Å². The first-order chi connectivity index (χ1) is 7.29. The normalized spacial score (nSPS) is 25.5. The first kappa shape index (κ1) is 11.0. The van der Waals surface area contributed by atoms with Crippen molar-refractivity contribution in [2.24, 2.45) is 0 Å². The van der Waals surface area contributed by atoms with Crippen LogP contribution in [0.4, 0.5) is 5.95 Å². The molecular formula is C10H14ClN3S. The van der Waals surface area contributed by atoms with Crippen LogP contribution >= 0.6 is 23.4 Å². The van der Waals surface area contributed by atoms with E-state index in [9.17, 15) is 0 Å². The number of hydrogen-bond acceptors (Lipinski definition) is 4. The summed E-state index contributed by atoms with van der Waals surface area (Å²) < 4.78 is 0. The Morgan fingerprint density at radius 3 is 3.07 bits per heavy atom. The van der Waals surface area contributed by atoms with Crippen molar-refractivity contribution in [3.05, 3.63) is 12.3 Å². The molecule has 0 aliphatic heterocycles. The van der Waals surface area contributed by atoms with E-state index in [0.717, 1.165) is 17.9 Å². The highest BCUT2D eigenvalue weighted by Crippen LogP contribution is 2.26. The van der Waals surface area contributed by atoms with Crippen LogP contribution in [0.1, 0.15) is 19.3 Å². The van der Waals surface area contributed by atoms with Gasteiger partial charge in [-0.15, -0.1) is 23.4 Å². The molecule has 2 rings (SSSR count). The molecule has 2 unspecified atom stereocenters. The van der Waals surface area contributed by atoms with E-state index in [1.54, 1.807) is 18.0 Å². The monoisotopic (exact) mass is 243 g/mol. The lowest BCUT2D eigenvalue weighted by molar-refractivity contribution is 0.747. The van der Waals surface area contributed by atoms with E-state index in [4.69, 9.17) is 11.6 Å². The first-order valence-corrected chi connectivity index (χ1v) is 6.73. The highest BCUT2D eigenvalue weighted by atomic mass is 35.5. The van der Waals surface area contributed by atoms with Crippen LogP contribution in [0.5, 0.6) is 0 Å². The average Bonchev–Trinajstić information content (AvgIpc) is 2.65. The van der Waals surface area contributed by atoms with E-state index in [2.05, 4.69) is 15.3 Å². The highest BCUT2D eigenvalue weighted by molar-refractivity contribution is 7.98. The van der Waals surface area contributed by atoms with Gasteiger partial charge in [0.2, 0.25) is 5.95 Å². The van der Waals surface area contributed by atoms with Crippen molar-refractivity contribution in [1.29, 1.82) is 0 Å². The number of rotatable bonds is 3. The van der Waals surface area contributed by atoms with Crippen LogP contribution in [-0.4, -0.2) is 27.6 Å². The zero-order chi connectivity index (χ0) is 10.7. The number of nitrogens with zero attached hydrogens (tertiary/aromatic N) is 2. The Bertz CT molecular complexity index is 334. The summed E-state index contributed by atoms with van der Waals surface area (Å²) in [5.74, 6) is 0.694. The second-order valence-electron chi connectivity index (χ2n) is 3.62. The zero-order valence-corrected chi connectivity index (χ0v) is 10.2. The van der Waals surface area contributed by atoms with Crippen LogP contribution in [0, 0.1) is 0 Å². The molecule has 1 heterocycles. The number of halogens is 1. The van der Waals surface area contributed by atoms with Crippen LogP contribution < -0.4 is 5.32 Å². The number of anilines is 1. The van der Waals surface area contributed by atoms with Gasteiger partial charge < -0.3 is 5.32 Å². The third-order valence-corrected chi connectivity index (χ3v) is 3.75. The third kappa shape index (κ3) is 2.75. The molecule has 82 valence electrons. The minimum absolute atomic E-state index is 0.214. The molecular weight excluding hydrogens is 230 g/mol. The van der Waals surface area contributed by atoms with E-state index in [1.165, 1.54) is 6.42 Å². The summed E-state index contributed by atoms with van der Waals surface area (Å²) in [4.78, 5) is 8.56. The fourth-order valence-corrected chi connectivity index (χ4v) is 2.49. The maximum absolute atomic E-state index is 6.18. The van der Waals surface area contributed by atoms with E-state index in [0.29, 0.717) is 12.0 Å². The van der Waals surface area contributed by atoms with Gasteiger partial charge in [0.25, 0.3) is 0 Å². The lowest BCUT2D eigenvalue weighted by Crippen LogP contribution is -2.25. The lowest BCUT2D eigenvalue weighted by Gasteiger charge is -2.15. The Morgan fingerprint density at radius 1 is 1.53 bits per heavy atom. The fourth-order valence-electron chi connectivity index (χ4n) is 1.77. The number of aromatic nitrogens is 2. The second kappa shape index (κ2) is 5.03. The van der Waals surface area contributed by atoms with Gasteiger partial charge in [-0.05, 0) is 31.6 Å². The van der Waals surface area contributed by atoms with Gasteiger partial charge in [-0.3, -0.25) is 0 Å². The first-order valence-electron chi connectivity index (χ1n) is 5.07. The van der Waals surface area contributed by atoms with Gasteiger partial charge in [0.1, 0.15) is 5.03 Å². The molecule has 1 aliphatic rings. The number of thioether (sulfide) groups is 1. The Morgan fingerprint density at radius 2 is 2.40 bits per heavy atom. The van der Waals surface area contributed by atoms with Crippen LogP contribution in [0.15, 0.2) is 17.3 Å². The molecule has 0 bridgehead atoms. The standard InChI is InChI=1S/C10H14ClN3S/c1-15-9-5-6-12-10(14-9)13-8-4-2-3-7(8)11/h5-8H,2-4H2,1H3,(H,12,13,14). The molecule has 0 amide bonds. The smallest absolute Gasteiger partial charge is 0.223 e. The Hall–Kier alpha value is -0.480. The molecule has 1 fully saturated rings. The topological polar surface area (TPSA) is 37.8 Å². The van der Waals surface area contributed by atoms with Gasteiger partial charge in [-0.25, -0.2) is 9.97 Å². The largest absolute Gasteiger partial charge is 0.350 e. The number of nitrogens with one attached hydrogen (secondary N) is 1. The van der Waals surface area contributed by atoms with Crippen molar-refractivity contribution in [2.75, 3.05) is 11.6 Å².